The Morgan fingerprint density at radius 1 is 1.50 bits per heavy atom. The lowest BCUT2D eigenvalue weighted by Gasteiger charge is -2.07. The van der Waals surface area contributed by atoms with Gasteiger partial charge in [0.05, 0.1) is 10.6 Å². The van der Waals surface area contributed by atoms with Gasteiger partial charge in [-0.05, 0) is 42.0 Å². The lowest BCUT2D eigenvalue weighted by molar-refractivity contribution is -0.384. The highest BCUT2D eigenvalue weighted by Crippen LogP contribution is 2.27. The monoisotopic (exact) mass is 315 g/mol. The SMILES string of the molecule is CNCCCC(=O)Nc1cc([N+](=O)[O-])ccc1Br. The first-order valence-corrected chi connectivity index (χ1v) is 6.22. The van der Waals surface area contributed by atoms with Gasteiger partial charge in [0, 0.05) is 23.0 Å². The van der Waals surface area contributed by atoms with Crippen molar-refractivity contribution in [3.8, 4) is 0 Å². The van der Waals surface area contributed by atoms with Crippen LogP contribution >= 0.6 is 15.9 Å². The third kappa shape index (κ3) is 4.42. The molecule has 1 amide bonds. The van der Waals surface area contributed by atoms with Crippen molar-refractivity contribution in [1.29, 1.82) is 0 Å². The number of benzene rings is 1. The lowest BCUT2D eigenvalue weighted by atomic mass is 10.2. The molecule has 18 heavy (non-hydrogen) atoms. The van der Waals surface area contributed by atoms with Crippen molar-refractivity contribution in [2.75, 3.05) is 18.9 Å². The molecule has 1 rings (SSSR count). The van der Waals surface area contributed by atoms with Crippen LogP contribution in [0, 0.1) is 10.1 Å². The Balaban J connectivity index is 2.68. The van der Waals surface area contributed by atoms with Crippen LogP contribution in [0.25, 0.3) is 0 Å². The van der Waals surface area contributed by atoms with Gasteiger partial charge in [0.15, 0.2) is 0 Å². The van der Waals surface area contributed by atoms with E-state index in [9.17, 15) is 14.9 Å². The van der Waals surface area contributed by atoms with Gasteiger partial charge >= 0.3 is 0 Å². The van der Waals surface area contributed by atoms with Crippen LogP contribution in [0.5, 0.6) is 0 Å². The number of nitro benzene ring substituents is 1. The molecule has 0 aliphatic carbocycles. The summed E-state index contributed by atoms with van der Waals surface area (Å²) < 4.78 is 0.620. The molecule has 0 fully saturated rings. The van der Waals surface area contributed by atoms with Gasteiger partial charge in [0.2, 0.25) is 5.91 Å². The number of hydrogen-bond donors (Lipinski definition) is 2. The maximum atomic E-state index is 11.6. The van der Waals surface area contributed by atoms with E-state index >= 15 is 0 Å². The number of amides is 1. The smallest absolute Gasteiger partial charge is 0.271 e. The minimum absolute atomic E-state index is 0.0521. The number of nitrogens with zero attached hydrogens (tertiary/aromatic N) is 1. The molecule has 0 saturated heterocycles. The summed E-state index contributed by atoms with van der Waals surface area (Å²) in [6, 6.07) is 4.25. The van der Waals surface area contributed by atoms with Crippen molar-refractivity contribution in [1.82, 2.24) is 5.32 Å². The van der Waals surface area contributed by atoms with E-state index in [1.807, 2.05) is 7.05 Å². The molecule has 0 saturated carbocycles. The highest BCUT2D eigenvalue weighted by molar-refractivity contribution is 9.10. The summed E-state index contributed by atoms with van der Waals surface area (Å²) in [6.07, 6.45) is 1.09. The summed E-state index contributed by atoms with van der Waals surface area (Å²) in [5.74, 6) is -0.161. The minimum atomic E-state index is -0.497. The van der Waals surface area contributed by atoms with Crippen molar-refractivity contribution < 1.29 is 9.72 Å². The van der Waals surface area contributed by atoms with Gasteiger partial charge in [-0.25, -0.2) is 0 Å². The Morgan fingerprint density at radius 3 is 2.83 bits per heavy atom. The van der Waals surface area contributed by atoms with Crippen molar-refractivity contribution in [3.63, 3.8) is 0 Å². The van der Waals surface area contributed by atoms with Crippen LogP contribution in [0.3, 0.4) is 0 Å². The molecular formula is C11H14BrN3O3. The largest absolute Gasteiger partial charge is 0.325 e. The van der Waals surface area contributed by atoms with Gasteiger partial charge < -0.3 is 10.6 Å². The quantitative estimate of drug-likeness (QED) is 0.479. The summed E-state index contributed by atoms with van der Waals surface area (Å²) in [4.78, 5) is 21.7. The van der Waals surface area contributed by atoms with E-state index in [4.69, 9.17) is 0 Å². The Hall–Kier alpha value is -1.47. The van der Waals surface area contributed by atoms with Gasteiger partial charge in [0.25, 0.3) is 5.69 Å². The number of non-ortho nitro benzene ring substituents is 1. The number of anilines is 1. The van der Waals surface area contributed by atoms with Crippen LogP contribution in [-0.2, 0) is 4.79 Å². The number of hydrogen-bond acceptors (Lipinski definition) is 4. The van der Waals surface area contributed by atoms with E-state index in [0.717, 1.165) is 13.0 Å². The summed E-state index contributed by atoms with van der Waals surface area (Å²) in [7, 11) is 1.81. The fourth-order valence-electron chi connectivity index (χ4n) is 1.36. The van der Waals surface area contributed by atoms with Gasteiger partial charge in [0.1, 0.15) is 0 Å². The average molecular weight is 316 g/mol. The lowest BCUT2D eigenvalue weighted by Crippen LogP contribution is -2.15. The third-order valence-electron chi connectivity index (χ3n) is 2.27. The van der Waals surface area contributed by atoms with E-state index in [-0.39, 0.29) is 11.6 Å². The predicted molar refractivity (Wildman–Crippen MR) is 72.6 cm³/mol. The molecule has 7 heteroatoms. The minimum Gasteiger partial charge on any atom is -0.325 e. The standard InChI is InChI=1S/C11H14BrN3O3/c1-13-6-2-3-11(16)14-10-7-8(15(17)18)4-5-9(10)12/h4-5,7,13H,2-3,6H2,1H3,(H,14,16). The van der Waals surface area contributed by atoms with Gasteiger partial charge in [-0.3, -0.25) is 14.9 Å². The van der Waals surface area contributed by atoms with Crippen LogP contribution in [0.2, 0.25) is 0 Å². The first kappa shape index (κ1) is 14.6. The summed E-state index contributed by atoms with van der Waals surface area (Å²) in [5.41, 5.74) is 0.363. The van der Waals surface area contributed by atoms with Crippen LogP contribution in [0.15, 0.2) is 22.7 Å². The number of halogens is 1. The zero-order valence-corrected chi connectivity index (χ0v) is 11.5. The molecule has 0 radical (unpaired) electrons. The molecule has 0 atom stereocenters. The molecule has 98 valence electrons. The van der Waals surface area contributed by atoms with Crippen molar-refractivity contribution in [2.24, 2.45) is 0 Å². The highest BCUT2D eigenvalue weighted by Gasteiger charge is 2.11. The highest BCUT2D eigenvalue weighted by atomic mass is 79.9. The van der Waals surface area contributed by atoms with Gasteiger partial charge in [-0.2, -0.15) is 0 Å². The van der Waals surface area contributed by atoms with Crippen molar-refractivity contribution >= 4 is 33.2 Å². The topological polar surface area (TPSA) is 84.3 Å². The first-order valence-electron chi connectivity index (χ1n) is 5.43. The number of rotatable bonds is 6. The number of carbonyl (C=O) groups excluding carboxylic acids is 1. The Kier molecular flexibility index (Phi) is 5.73. The number of nitrogens with one attached hydrogen (secondary N) is 2. The fraction of sp³-hybridized carbons (Fsp3) is 0.364. The van der Waals surface area contributed by atoms with Gasteiger partial charge in [-0.1, -0.05) is 0 Å². The molecule has 0 unspecified atom stereocenters. The van der Waals surface area contributed by atoms with Gasteiger partial charge in [-0.15, -0.1) is 0 Å². The molecule has 2 N–H and O–H groups in total. The number of carbonyl (C=O) groups is 1. The van der Waals surface area contributed by atoms with E-state index in [0.29, 0.717) is 16.6 Å². The Morgan fingerprint density at radius 2 is 2.22 bits per heavy atom. The first-order chi connectivity index (χ1) is 8.54. The second-order valence-corrected chi connectivity index (χ2v) is 4.53. The predicted octanol–water partition coefficient (Wildman–Crippen LogP) is 2.30. The van der Waals surface area contributed by atoms with Crippen molar-refractivity contribution in [2.45, 2.75) is 12.8 Å². The molecule has 0 bridgehead atoms. The molecule has 1 aromatic carbocycles. The normalized spacial score (nSPS) is 10.1. The Bertz CT molecular complexity index is 451. The van der Waals surface area contributed by atoms with E-state index in [1.165, 1.54) is 12.1 Å². The second-order valence-electron chi connectivity index (χ2n) is 3.68. The molecule has 0 aromatic heterocycles. The van der Waals surface area contributed by atoms with Crippen LogP contribution in [0.4, 0.5) is 11.4 Å². The summed E-state index contributed by atoms with van der Waals surface area (Å²) in [5, 5.41) is 16.2. The molecule has 0 aliphatic rings. The number of nitro groups is 1. The molecule has 1 aromatic rings. The Labute approximate surface area is 113 Å². The van der Waals surface area contributed by atoms with Crippen LogP contribution in [-0.4, -0.2) is 24.4 Å². The zero-order chi connectivity index (χ0) is 13.5. The maximum absolute atomic E-state index is 11.6. The fourth-order valence-corrected chi connectivity index (χ4v) is 1.71. The maximum Gasteiger partial charge on any atom is 0.271 e. The molecular weight excluding hydrogens is 302 g/mol. The van der Waals surface area contributed by atoms with Crippen LogP contribution in [0.1, 0.15) is 12.8 Å². The summed E-state index contributed by atoms with van der Waals surface area (Å²) >= 11 is 3.24. The molecule has 0 heterocycles. The average Bonchev–Trinajstić information content (AvgIpc) is 2.32. The third-order valence-corrected chi connectivity index (χ3v) is 2.96. The van der Waals surface area contributed by atoms with E-state index in [2.05, 4.69) is 26.6 Å². The second kappa shape index (κ2) is 7.07. The van der Waals surface area contributed by atoms with E-state index in [1.54, 1.807) is 6.07 Å². The van der Waals surface area contributed by atoms with Crippen LogP contribution < -0.4 is 10.6 Å². The molecule has 0 aliphatic heterocycles. The van der Waals surface area contributed by atoms with E-state index < -0.39 is 4.92 Å². The van der Waals surface area contributed by atoms with Crippen molar-refractivity contribution in [3.05, 3.63) is 32.8 Å². The molecule has 0 spiro atoms. The molecule has 6 nitrogen and oxygen atoms in total. The zero-order valence-electron chi connectivity index (χ0n) is 9.90. The summed E-state index contributed by atoms with van der Waals surface area (Å²) in [6.45, 7) is 0.753.